The Kier molecular flexibility index (Phi) is 28.8. The lowest BCUT2D eigenvalue weighted by Crippen LogP contribution is -2.04. The average Bonchev–Trinajstić information content (AvgIpc) is 0.824. The summed E-state index contributed by atoms with van der Waals surface area (Å²) < 4.78 is 101. The first-order valence-corrected chi connectivity index (χ1v) is 44.3. The van der Waals surface area contributed by atoms with E-state index in [0.717, 1.165) is 87.1 Å². The third-order valence-electron chi connectivity index (χ3n) is 21.9. The molecule has 17 aromatic rings. The molecule has 15 heteroatoms. The molecule has 15 nitrogen and oxygen atoms in total. The van der Waals surface area contributed by atoms with Crippen molar-refractivity contribution in [3.63, 3.8) is 0 Å². The second kappa shape index (κ2) is 44.0. The Morgan fingerprint density at radius 1 is 0.129 bits per heavy atom. The molecule has 0 aromatic heterocycles. The molecule has 4 bridgehead atoms. The molecule has 0 unspecified atom stereocenters. The minimum absolute atomic E-state index is 0.0245. The second-order valence-corrected chi connectivity index (χ2v) is 32.2. The number of aryl methyl sites for hydroxylation is 4. The van der Waals surface area contributed by atoms with Crippen LogP contribution in [0.1, 0.15) is 83.5 Å². The van der Waals surface area contributed by atoms with Crippen LogP contribution in [0.15, 0.2) is 413 Å². The minimum Gasteiger partial charge on any atom is -0.489 e. The monoisotopic (exact) mass is 1740 g/mol. The molecule has 0 aliphatic heterocycles. The number of hydrogen-bond donors (Lipinski definition) is 0. The maximum absolute atomic E-state index is 7.09. The minimum atomic E-state index is 0.0245. The van der Waals surface area contributed by atoms with E-state index in [1.807, 2.05) is 370 Å². The molecule has 656 valence electrons. The topological polar surface area (TPSA) is 138 Å². The number of benzene rings is 17. The summed E-state index contributed by atoms with van der Waals surface area (Å²) in [6, 6.07) is 135. The Labute approximate surface area is 770 Å². The molecule has 0 N–H and O–H groups in total. The molecular weight excluding hydrogens is 1650 g/mol. The second-order valence-electron chi connectivity index (χ2n) is 32.2. The molecule has 0 saturated heterocycles. The van der Waals surface area contributed by atoms with Crippen LogP contribution in [0, 0.1) is 0 Å². The van der Waals surface area contributed by atoms with E-state index in [-0.39, 0.29) is 19.8 Å². The zero-order valence-corrected chi connectivity index (χ0v) is 73.0. The third kappa shape index (κ3) is 26.0. The largest absolute Gasteiger partial charge is 0.489 e. The van der Waals surface area contributed by atoms with Crippen molar-refractivity contribution in [2.45, 2.75) is 98.4 Å². The van der Waals surface area contributed by atoms with Crippen molar-refractivity contribution in [2.24, 2.45) is 0 Å². The standard InChI is InChI=1S/C117H98O15/c1-9-25-87(26-10-1)73-118-101-59-102(119-74-88-27-11-2-12-28-88)64-113(63-101)129-109-53-96(54-110(71-109)130-114-65-103(120-75-89-29-13-3-14-30-89)60-104(66-114)121-76-90-31-15-4-16-32-90)81-126-99-51-95(83-128-117-57-86-46-45-84-41-43-85(44-42-84)47-49-98(117)50-48-86)52-100(58-99)127-82-97-55-111(131-115-67-105(122-77-91-33-17-5-18-34-91)61-106(68-115)123-78-92-35-19-6-20-36-92)72-112(56-97)132-116-69-107(124-79-93-37-21-7-22-38-93)62-108(70-116)125-80-94-39-23-8-24-40-94/h1-44,48,50-72H,45-47,49,73-83H2. The van der Waals surface area contributed by atoms with E-state index in [1.165, 1.54) is 16.7 Å². The zero-order valence-electron chi connectivity index (χ0n) is 73.0. The van der Waals surface area contributed by atoms with Crippen molar-refractivity contribution in [1.29, 1.82) is 0 Å². The van der Waals surface area contributed by atoms with Crippen LogP contribution in [0.3, 0.4) is 0 Å². The summed E-state index contributed by atoms with van der Waals surface area (Å²) in [5.41, 5.74) is 15.1. The van der Waals surface area contributed by atoms with Crippen LogP contribution in [-0.4, -0.2) is 0 Å². The Balaban J connectivity index is 0.698. The molecule has 0 saturated carbocycles. The van der Waals surface area contributed by atoms with E-state index < -0.39 is 0 Å². The Bertz CT molecular complexity index is 5670. The molecule has 0 radical (unpaired) electrons. The molecule has 4 aliphatic carbocycles. The van der Waals surface area contributed by atoms with Crippen molar-refractivity contribution >= 4 is 0 Å². The molecule has 21 rings (SSSR count). The van der Waals surface area contributed by atoms with Gasteiger partial charge in [-0.2, -0.15) is 0 Å². The van der Waals surface area contributed by atoms with E-state index in [4.69, 9.17) is 71.1 Å². The highest BCUT2D eigenvalue weighted by molar-refractivity contribution is 5.53. The molecule has 17 aromatic carbocycles. The summed E-state index contributed by atoms with van der Waals surface area (Å²) in [5, 5.41) is 0. The maximum Gasteiger partial charge on any atom is 0.134 e. The fraction of sp³-hybridized carbons (Fsp3) is 0.128. The molecule has 132 heavy (non-hydrogen) atoms. The molecule has 0 fully saturated rings. The predicted molar refractivity (Wildman–Crippen MR) is 512 cm³/mol. The van der Waals surface area contributed by atoms with Crippen molar-refractivity contribution in [3.8, 4) is 109 Å². The van der Waals surface area contributed by atoms with Crippen molar-refractivity contribution in [1.82, 2.24) is 0 Å². The van der Waals surface area contributed by atoms with Gasteiger partial charge in [0, 0.05) is 91.0 Å². The van der Waals surface area contributed by atoms with E-state index in [2.05, 4.69) is 42.5 Å². The fourth-order valence-electron chi connectivity index (χ4n) is 15.1. The van der Waals surface area contributed by atoms with Crippen LogP contribution in [0.25, 0.3) is 0 Å². The SMILES string of the molecule is c1ccc(COc2cc(OCc3ccccc3)cc(Oc3cc(COc4cc(COc5cc6ccc5CCc5ccc(cc5)CC6)cc(OCc5cc(Oc6cc(OCc7ccccc7)cc(OCc7ccccc7)c6)cc(Oc6cc(OCc7ccccc7)cc(OCc7ccccc7)c6)c5)c4)cc(Oc4cc(OCc5ccccc5)cc(OCc5ccccc5)c4)c3)c2)cc1. The van der Waals surface area contributed by atoms with Gasteiger partial charge in [-0.05, 0) is 152 Å². The van der Waals surface area contributed by atoms with Gasteiger partial charge in [0.25, 0.3) is 0 Å². The van der Waals surface area contributed by atoms with Gasteiger partial charge in [-0.15, -0.1) is 0 Å². The molecule has 0 spiro atoms. The van der Waals surface area contributed by atoms with E-state index in [9.17, 15) is 0 Å². The predicted octanol–water partition coefficient (Wildman–Crippen LogP) is 28.1. The van der Waals surface area contributed by atoms with Crippen LogP contribution < -0.4 is 71.1 Å². The summed E-state index contributed by atoms with van der Waals surface area (Å²) >= 11 is 0. The molecule has 0 atom stereocenters. The van der Waals surface area contributed by atoms with Crippen LogP contribution in [0.5, 0.6) is 109 Å². The van der Waals surface area contributed by atoms with Crippen LogP contribution in [0.2, 0.25) is 0 Å². The van der Waals surface area contributed by atoms with Gasteiger partial charge in [-0.1, -0.05) is 279 Å². The molecule has 4 aliphatic rings. The highest BCUT2D eigenvalue weighted by Crippen LogP contribution is 2.42. The zero-order chi connectivity index (χ0) is 88.9. The highest BCUT2D eigenvalue weighted by atomic mass is 16.5. The lowest BCUT2D eigenvalue weighted by Gasteiger charge is -2.18. The lowest BCUT2D eigenvalue weighted by molar-refractivity contribution is 0.279. The van der Waals surface area contributed by atoms with E-state index in [1.54, 1.807) is 0 Å². The van der Waals surface area contributed by atoms with Gasteiger partial charge in [-0.3, -0.25) is 0 Å². The Morgan fingerprint density at radius 3 is 0.538 bits per heavy atom. The van der Waals surface area contributed by atoms with Crippen molar-refractivity contribution in [2.75, 3.05) is 0 Å². The van der Waals surface area contributed by atoms with Gasteiger partial charge >= 0.3 is 0 Å². The summed E-state index contributed by atoms with van der Waals surface area (Å²) in [7, 11) is 0. The smallest absolute Gasteiger partial charge is 0.134 e. The summed E-state index contributed by atoms with van der Waals surface area (Å²) in [5.74, 6) is 9.70. The van der Waals surface area contributed by atoms with Crippen LogP contribution in [0.4, 0.5) is 0 Å². The number of hydrogen-bond acceptors (Lipinski definition) is 15. The first-order valence-electron chi connectivity index (χ1n) is 44.3. The molecular formula is C117H98O15. The third-order valence-corrected chi connectivity index (χ3v) is 21.9. The first kappa shape index (κ1) is 86.5. The first-order chi connectivity index (χ1) is 65.2. The molecule has 0 amide bonds. The van der Waals surface area contributed by atoms with Gasteiger partial charge < -0.3 is 71.1 Å². The normalized spacial score (nSPS) is 11.4. The van der Waals surface area contributed by atoms with Gasteiger partial charge in [0.1, 0.15) is 182 Å². The van der Waals surface area contributed by atoms with Crippen molar-refractivity contribution in [3.05, 3.63) is 496 Å². The van der Waals surface area contributed by atoms with Gasteiger partial charge in [-0.25, -0.2) is 0 Å². The number of ether oxygens (including phenoxy) is 15. The fourth-order valence-corrected chi connectivity index (χ4v) is 15.1. The van der Waals surface area contributed by atoms with Gasteiger partial charge in [0.15, 0.2) is 0 Å². The lowest BCUT2D eigenvalue weighted by atomic mass is 9.96. The van der Waals surface area contributed by atoms with E-state index >= 15 is 0 Å². The quantitative estimate of drug-likeness (QED) is 0.0359. The van der Waals surface area contributed by atoms with Gasteiger partial charge in [0.2, 0.25) is 0 Å². The Hall–Kier alpha value is -16.3. The summed E-state index contributed by atoms with van der Waals surface area (Å²) in [4.78, 5) is 0. The van der Waals surface area contributed by atoms with Gasteiger partial charge in [0.05, 0.1) is 0 Å². The average molecular weight is 1740 g/mol. The summed E-state index contributed by atoms with van der Waals surface area (Å²) in [6.07, 6.45) is 3.40. The van der Waals surface area contributed by atoms with Crippen LogP contribution >= 0.6 is 0 Å². The van der Waals surface area contributed by atoms with Crippen LogP contribution in [-0.2, 0) is 98.4 Å². The summed E-state index contributed by atoms with van der Waals surface area (Å²) in [6.45, 7) is 2.71. The van der Waals surface area contributed by atoms with E-state index in [0.29, 0.717) is 167 Å². The van der Waals surface area contributed by atoms with Crippen molar-refractivity contribution < 1.29 is 71.1 Å². The molecule has 0 heterocycles. The highest BCUT2D eigenvalue weighted by Gasteiger charge is 2.20. The maximum atomic E-state index is 7.09. The Morgan fingerprint density at radius 2 is 0.295 bits per heavy atom. The number of rotatable bonds is 41.